The molecule has 0 bridgehead atoms. The van der Waals surface area contributed by atoms with Crippen LogP contribution in [0.4, 0.5) is 0 Å². The first kappa shape index (κ1) is 18.0. The maximum Gasteiger partial charge on any atom is 0.124 e. The molecule has 1 aromatic carbocycles. The summed E-state index contributed by atoms with van der Waals surface area (Å²) in [6, 6.07) is 8.77. The van der Waals surface area contributed by atoms with Crippen LogP contribution in [-0.4, -0.2) is 13.2 Å². The number of hydrogen-bond donors (Lipinski definition) is 1. The van der Waals surface area contributed by atoms with Crippen molar-refractivity contribution < 1.29 is 4.74 Å². The monoisotopic (exact) mass is 291 g/mol. The second-order valence-corrected chi connectivity index (χ2v) is 5.83. The molecule has 0 radical (unpaired) electrons. The summed E-state index contributed by atoms with van der Waals surface area (Å²) in [4.78, 5) is 0. The lowest BCUT2D eigenvalue weighted by molar-refractivity contribution is 0.298. The molecule has 0 fully saturated rings. The Morgan fingerprint density at radius 1 is 0.952 bits per heavy atom. The molecule has 0 saturated heterocycles. The van der Waals surface area contributed by atoms with Crippen LogP contribution in [0.5, 0.6) is 5.75 Å². The molecule has 120 valence electrons. The molecule has 0 saturated carbocycles. The van der Waals surface area contributed by atoms with Crippen molar-refractivity contribution in [2.45, 2.75) is 71.8 Å². The highest BCUT2D eigenvalue weighted by atomic mass is 16.5. The molecule has 1 aromatic rings. The Morgan fingerprint density at radius 2 is 1.67 bits per heavy atom. The highest BCUT2D eigenvalue weighted by molar-refractivity contribution is 5.35. The van der Waals surface area contributed by atoms with Crippen molar-refractivity contribution in [2.75, 3.05) is 13.2 Å². The lowest BCUT2D eigenvalue weighted by Gasteiger charge is -2.18. The van der Waals surface area contributed by atoms with Crippen LogP contribution in [0.3, 0.4) is 0 Å². The fraction of sp³-hybridized carbons (Fsp3) is 0.684. The van der Waals surface area contributed by atoms with Crippen molar-refractivity contribution in [2.24, 2.45) is 0 Å². The third-order valence-electron chi connectivity index (χ3n) is 3.84. The lowest BCUT2D eigenvalue weighted by Crippen LogP contribution is -2.20. The Hall–Kier alpha value is -1.02. The molecule has 1 atom stereocenters. The minimum absolute atomic E-state index is 0.353. The summed E-state index contributed by atoms with van der Waals surface area (Å²) in [5, 5.41) is 3.53. The zero-order valence-corrected chi connectivity index (χ0v) is 14.2. The van der Waals surface area contributed by atoms with Gasteiger partial charge in [-0.1, -0.05) is 64.2 Å². The van der Waals surface area contributed by atoms with Gasteiger partial charge in [-0.25, -0.2) is 0 Å². The minimum Gasteiger partial charge on any atom is -0.493 e. The molecule has 0 heterocycles. The fourth-order valence-electron chi connectivity index (χ4n) is 2.51. The van der Waals surface area contributed by atoms with Crippen LogP contribution in [0.2, 0.25) is 0 Å². The first-order valence-electron chi connectivity index (χ1n) is 8.74. The molecule has 2 nitrogen and oxygen atoms in total. The minimum atomic E-state index is 0.353. The van der Waals surface area contributed by atoms with E-state index in [9.17, 15) is 0 Å². The molecule has 0 spiro atoms. The van der Waals surface area contributed by atoms with Crippen molar-refractivity contribution in [1.29, 1.82) is 0 Å². The van der Waals surface area contributed by atoms with Gasteiger partial charge in [-0.15, -0.1) is 0 Å². The van der Waals surface area contributed by atoms with Crippen LogP contribution in [0.25, 0.3) is 0 Å². The normalized spacial score (nSPS) is 12.3. The van der Waals surface area contributed by atoms with Crippen molar-refractivity contribution in [3.05, 3.63) is 29.8 Å². The van der Waals surface area contributed by atoms with Crippen LogP contribution in [0.1, 0.15) is 77.3 Å². The van der Waals surface area contributed by atoms with E-state index in [1.165, 1.54) is 37.7 Å². The summed E-state index contributed by atoms with van der Waals surface area (Å²) in [6.07, 6.45) is 8.99. The van der Waals surface area contributed by atoms with Gasteiger partial charge in [0.05, 0.1) is 6.61 Å². The van der Waals surface area contributed by atoms with Gasteiger partial charge in [0.2, 0.25) is 0 Å². The van der Waals surface area contributed by atoms with Gasteiger partial charge in [-0.3, -0.25) is 0 Å². The van der Waals surface area contributed by atoms with Gasteiger partial charge < -0.3 is 10.1 Å². The molecule has 0 aromatic heterocycles. The number of unbranched alkanes of at least 4 members (excludes halogenated alkanes) is 5. The zero-order chi connectivity index (χ0) is 15.3. The number of ether oxygens (including phenoxy) is 1. The largest absolute Gasteiger partial charge is 0.493 e. The highest BCUT2D eigenvalue weighted by Gasteiger charge is 2.10. The van der Waals surface area contributed by atoms with Crippen molar-refractivity contribution in [3.63, 3.8) is 0 Å². The fourth-order valence-corrected chi connectivity index (χ4v) is 2.51. The summed E-state index contributed by atoms with van der Waals surface area (Å²) < 4.78 is 6.00. The van der Waals surface area contributed by atoms with E-state index in [2.05, 4.69) is 50.4 Å². The Morgan fingerprint density at radius 3 is 2.43 bits per heavy atom. The Balaban J connectivity index is 2.33. The second kappa shape index (κ2) is 11.6. The van der Waals surface area contributed by atoms with Crippen molar-refractivity contribution >= 4 is 0 Å². The first-order chi connectivity index (χ1) is 10.3. The van der Waals surface area contributed by atoms with Gasteiger partial charge in [0.25, 0.3) is 0 Å². The smallest absolute Gasteiger partial charge is 0.124 e. The SMILES string of the molecule is CCCCCCCCOc1ccccc1C(C)NCCC. The van der Waals surface area contributed by atoms with Gasteiger partial charge >= 0.3 is 0 Å². The molecule has 1 rings (SSSR count). The van der Waals surface area contributed by atoms with E-state index in [0.29, 0.717) is 6.04 Å². The van der Waals surface area contributed by atoms with Crippen molar-refractivity contribution in [1.82, 2.24) is 5.32 Å². The van der Waals surface area contributed by atoms with Crippen LogP contribution < -0.4 is 10.1 Å². The number of benzene rings is 1. The quantitative estimate of drug-likeness (QED) is 0.514. The molecule has 0 aliphatic rings. The first-order valence-corrected chi connectivity index (χ1v) is 8.74. The molecule has 0 aliphatic heterocycles. The molecule has 1 unspecified atom stereocenters. The maximum atomic E-state index is 6.00. The molecular formula is C19H33NO. The molecule has 1 N–H and O–H groups in total. The van der Waals surface area contributed by atoms with E-state index >= 15 is 0 Å². The van der Waals surface area contributed by atoms with Crippen LogP contribution >= 0.6 is 0 Å². The van der Waals surface area contributed by atoms with Gasteiger partial charge in [0.15, 0.2) is 0 Å². The summed E-state index contributed by atoms with van der Waals surface area (Å²) in [6.45, 7) is 8.55. The van der Waals surface area contributed by atoms with E-state index in [1.807, 2.05) is 0 Å². The highest BCUT2D eigenvalue weighted by Crippen LogP contribution is 2.25. The molecule has 0 amide bonds. The van der Waals surface area contributed by atoms with Gasteiger partial charge in [-0.2, -0.15) is 0 Å². The third kappa shape index (κ3) is 7.52. The molecular weight excluding hydrogens is 258 g/mol. The predicted molar refractivity (Wildman–Crippen MR) is 92.0 cm³/mol. The van der Waals surface area contributed by atoms with Crippen LogP contribution in [0, 0.1) is 0 Å². The topological polar surface area (TPSA) is 21.3 Å². The number of hydrogen-bond acceptors (Lipinski definition) is 2. The Kier molecular flexibility index (Phi) is 9.98. The average Bonchev–Trinajstić information content (AvgIpc) is 2.52. The summed E-state index contributed by atoms with van der Waals surface area (Å²) >= 11 is 0. The number of para-hydroxylation sites is 1. The average molecular weight is 291 g/mol. The lowest BCUT2D eigenvalue weighted by atomic mass is 10.1. The van der Waals surface area contributed by atoms with Crippen molar-refractivity contribution in [3.8, 4) is 5.75 Å². The van der Waals surface area contributed by atoms with E-state index in [1.54, 1.807) is 0 Å². The number of rotatable bonds is 12. The van der Waals surface area contributed by atoms with Crippen LogP contribution in [0.15, 0.2) is 24.3 Å². The molecule has 0 aliphatic carbocycles. The number of nitrogens with one attached hydrogen (secondary N) is 1. The van der Waals surface area contributed by atoms with E-state index < -0.39 is 0 Å². The predicted octanol–water partition coefficient (Wildman–Crippen LogP) is 5.49. The summed E-state index contributed by atoms with van der Waals surface area (Å²) in [5.41, 5.74) is 1.27. The van der Waals surface area contributed by atoms with Gasteiger partial charge in [0, 0.05) is 11.6 Å². The van der Waals surface area contributed by atoms with Crippen LogP contribution in [-0.2, 0) is 0 Å². The Bertz CT molecular complexity index is 364. The molecule has 2 heteroatoms. The summed E-state index contributed by atoms with van der Waals surface area (Å²) in [7, 11) is 0. The zero-order valence-electron chi connectivity index (χ0n) is 14.2. The van der Waals surface area contributed by atoms with E-state index in [4.69, 9.17) is 4.74 Å². The second-order valence-electron chi connectivity index (χ2n) is 5.83. The maximum absolute atomic E-state index is 6.00. The van der Waals surface area contributed by atoms with Gasteiger partial charge in [-0.05, 0) is 32.4 Å². The molecule has 21 heavy (non-hydrogen) atoms. The van der Waals surface area contributed by atoms with Gasteiger partial charge in [0.1, 0.15) is 5.75 Å². The Labute approximate surface area is 131 Å². The standard InChI is InChI=1S/C19H33NO/c1-4-6-7-8-9-12-16-21-19-14-11-10-13-18(19)17(3)20-15-5-2/h10-11,13-14,17,20H,4-9,12,15-16H2,1-3H3. The summed E-state index contributed by atoms with van der Waals surface area (Å²) in [5.74, 6) is 1.04. The van der Waals surface area contributed by atoms with E-state index in [-0.39, 0.29) is 0 Å². The van der Waals surface area contributed by atoms with E-state index in [0.717, 1.165) is 31.7 Å². The third-order valence-corrected chi connectivity index (χ3v) is 3.84.